The number of aromatic hydroxyl groups is 1. The van der Waals surface area contributed by atoms with Gasteiger partial charge in [0.05, 0.1) is 5.56 Å². The Morgan fingerprint density at radius 1 is 1.39 bits per heavy atom. The molecule has 0 radical (unpaired) electrons. The maximum absolute atomic E-state index is 10.7. The van der Waals surface area contributed by atoms with Gasteiger partial charge in [-0.1, -0.05) is 22.9 Å². The molecular formula is C15H17BrN4O3. The van der Waals surface area contributed by atoms with Gasteiger partial charge in [-0.25, -0.2) is 14.8 Å². The van der Waals surface area contributed by atoms with Gasteiger partial charge in [-0.15, -0.1) is 0 Å². The third-order valence-electron chi connectivity index (χ3n) is 3.21. The summed E-state index contributed by atoms with van der Waals surface area (Å²) in [4.78, 5) is 19.2. The van der Waals surface area contributed by atoms with Gasteiger partial charge in [-0.2, -0.15) is 0 Å². The minimum Gasteiger partial charge on any atom is -0.507 e. The molecular weight excluding hydrogens is 364 g/mol. The van der Waals surface area contributed by atoms with E-state index in [0.717, 1.165) is 4.47 Å². The molecule has 8 heteroatoms. The Kier molecular flexibility index (Phi) is 5.75. The van der Waals surface area contributed by atoms with Crippen molar-refractivity contribution in [1.82, 2.24) is 15.3 Å². The van der Waals surface area contributed by atoms with Crippen molar-refractivity contribution in [2.75, 3.05) is 11.9 Å². The fraction of sp³-hybridized carbons (Fsp3) is 0.267. The molecule has 122 valence electrons. The van der Waals surface area contributed by atoms with E-state index < -0.39 is 6.09 Å². The number of rotatable bonds is 6. The van der Waals surface area contributed by atoms with Crippen LogP contribution in [0.15, 0.2) is 34.9 Å². The van der Waals surface area contributed by atoms with Crippen molar-refractivity contribution in [3.63, 3.8) is 0 Å². The largest absolute Gasteiger partial charge is 0.507 e. The van der Waals surface area contributed by atoms with Gasteiger partial charge >= 0.3 is 6.09 Å². The summed E-state index contributed by atoms with van der Waals surface area (Å²) in [7, 11) is 0. The summed E-state index contributed by atoms with van der Waals surface area (Å²) in [5.74, 6) is 1.03. The van der Waals surface area contributed by atoms with Crippen molar-refractivity contribution in [1.29, 1.82) is 0 Å². The second kappa shape index (κ2) is 7.77. The number of carbonyl (C=O) groups is 1. The number of carboxylic acid groups (broad SMARTS) is 1. The molecule has 1 atom stereocenters. The zero-order valence-electron chi connectivity index (χ0n) is 12.5. The van der Waals surface area contributed by atoms with Crippen molar-refractivity contribution in [3.8, 4) is 17.1 Å². The zero-order valence-corrected chi connectivity index (χ0v) is 14.0. The number of nitrogens with zero attached hydrogens (tertiary/aromatic N) is 2. The highest BCUT2D eigenvalue weighted by molar-refractivity contribution is 9.10. The number of phenolic OH excluding ortho intramolecular Hbond substituents is 1. The van der Waals surface area contributed by atoms with Crippen molar-refractivity contribution in [3.05, 3.63) is 34.9 Å². The van der Waals surface area contributed by atoms with Crippen LogP contribution in [0.4, 0.5) is 10.6 Å². The number of anilines is 1. The van der Waals surface area contributed by atoms with Gasteiger partial charge < -0.3 is 20.8 Å². The third kappa shape index (κ3) is 4.82. The molecule has 2 aromatic rings. The first-order valence-corrected chi connectivity index (χ1v) is 7.84. The Balaban J connectivity index is 2.13. The Bertz CT molecular complexity index is 696. The van der Waals surface area contributed by atoms with Gasteiger partial charge in [0.2, 0.25) is 0 Å². The Labute approximate surface area is 141 Å². The third-order valence-corrected chi connectivity index (χ3v) is 3.70. The Morgan fingerprint density at radius 2 is 2.17 bits per heavy atom. The first-order chi connectivity index (χ1) is 11.0. The number of benzene rings is 1. The lowest BCUT2D eigenvalue weighted by molar-refractivity contribution is 0.190. The monoisotopic (exact) mass is 380 g/mol. The van der Waals surface area contributed by atoms with E-state index in [1.54, 1.807) is 30.5 Å². The van der Waals surface area contributed by atoms with Crippen LogP contribution in [0.3, 0.4) is 0 Å². The molecule has 1 amide bonds. The number of nitrogens with one attached hydrogen (secondary N) is 2. The van der Waals surface area contributed by atoms with Crippen molar-refractivity contribution in [2.24, 2.45) is 0 Å². The molecule has 1 aromatic carbocycles. The summed E-state index contributed by atoms with van der Waals surface area (Å²) in [6.45, 7) is 2.30. The second-order valence-electron chi connectivity index (χ2n) is 4.86. The lowest BCUT2D eigenvalue weighted by Gasteiger charge is -2.16. The lowest BCUT2D eigenvalue weighted by atomic mass is 10.2. The number of aromatic nitrogens is 2. The molecule has 1 heterocycles. The highest BCUT2D eigenvalue weighted by Gasteiger charge is 2.11. The summed E-state index contributed by atoms with van der Waals surface area (Å²) >= 11 is 3.35. The van der Waals surface area contributed by atoms with Gasteiger partial charge in [-0.05, 0) is 30.7 Å². The lowest BCUT2D eigenvalue weighted by Crippen LogP contribution is -2.38. The summed E-state index contributed by atoms with van der Waals surface area (Å²) in [5, 5.41) is 24.2. The number of phenols is 1. The Morgan fingerprint density at radius 3 is 2.87 bits per heavy atom. The normalized spacial score (nSPS) is 11.7. The molecule has 2 rings (SSSR count). The molecule has 0 aliphatic heterocycles. The van der Waals surface area contributed by atoms with Gasteiger partial charge in [0, 0.05) is 23.3 Å². The molecule has 0 aliphatic rings. The standard InChI is InChI=1S/C15H17BrN4O3/c1-2-10(19-15(22)23)8-18-13-5-6-17-14(20-13)11-7-9(16)3-4-12(11)21/h3-7,10,19,21H,2,8H2,1H3,(H,22,23)(H,17,18,20)/t10-/m1/s1. The summed E-state index contributed by atoms with van der Waals surface area (Å²) in [6, 6.07) is 6.49. The van der Waals surface area contributed by atoms with E-state index in [0.29, 0.717) is 30.2 Å². The van der Waals surface area contributed by atoms with Crippen LogP contribution in [0.25, 0.3) is 11.4 Å². The van der Waals surface area contributed by atoms with E-state index in [4.69, 9.17) is 5.11 Å². The van der Waals surface area contributed by atoms with Crippen LogP contribution < -0.4 is 10.6 Å². The summed E-state index contributed by atoms with van der Waals surface area (Å²) in [5.41, 5.74) is 0.513. The molecule has 4 N–H and O–H groups in total. The minimum atomic E-state index is -1.05. The molecule has 23 heavy (non-hydrogen) atoms. The highest BCUT2D eigenvalue weighted by Crippen LogP contribution is 2.29. The van der Waals surface area contributed by atoms with Crippen molar-refractivity contribution < 1.29 is 15.0 Å². The highest BCUT2D eigenvalue weighted by atomic mass is 79.9. The summed E-state index contributed by atoms with van der Waals surface area (Å²) in [6.07, 6.45) is 1.18. The number of hydrogen-bond acceptors (Lipinski definition) is 5. The second-order valence-corrected chi connectivity index (χ2v) is 5.78. The molecule has 0 bridgehead atoms. The van der Waals surface area contributed by atoms with E-state index in [-0.39, 0.29) is 11.8 Å². The van der Waals surface area contributed by atoms with E-state index >= 15 is 0 Å². The predicted octanol–water partition coefficient (Wildman–Crippen LogP) is 3.07. The molecule has 0 spiro atoms. The van der Waals surface area contributed by atoms with E-state index in [9.17, 15) is 9.90 Å². The van der Waals surface area contributed by atoms with Gasteiger partial charge in [-0.3, -0.25) is 0 Å². The average molecular weight is 381 g/mol. The average Bonchev–Trinajstić information content (AvgIpc) is 2.53. The fourth-order valence-electron chi connectivity index (χ4n) is 1.97. The van der Waals surface area contributed by atoms with Crippen LogP contribution in [-0.2, 0) is 0 Å². The van der Waals surface area contributed by atoms with Crippen LogP contribution >= 0.6 is 15.9 Å². The van der Waals surface area contributed by atoms with Crippen LogP contribution in [0.5, 0.6) is 5.75 Å². The molecule has 1 aromatic heterocycles. The maximum Gasteiger partial charge on any atom is 0.404 e. The van der Waals surface area contributed by atoms with Gasteiger partial charge in [0.15, 0.2) is 5.82 Å². The van der Waals surface area contributed by atoms with Crippen molar-refractivity contribution in [2.45, 2.75) is 19.4 Å². The molecule has 7 nitrogen and oxygen atoms in total. The Hall–Kier alpha value is -2.35. The fourth-order valence-corrected chi connectivity index (χ4v) is 2.34. The zero-order chi connectivity index (χ0) is 16.8. The van der Waals surface area contributed by atoms with Crippen LogP contribution in [0, 0.1) is 0 Å². The number of amides is 1. The van der Waals surface area contributed by atoms with Gasteiger partial charge in [0.25, 0.3) is 0 Å². The van der Waals surface area contributed by atoms with Crippen LogP contribution in [0.2, 0.25) is 0 Å². The predicted molar refractivity (Wildman–Crippen MR) is 90.6 cm³/mol. The van der Waals surface area contributed by atoms with Crippen molar-refractivity contribution >= 4 is 27.8 Å². The first kappa shape index (κ1) is 17.0. The van der Waals surface area contributed by atoms with E-state index in [1.165, 1.54) is 0 Å². The topological polar surface area (TPSA) is 107 Å². The number of hydrogen-bond donors (Lipinski definition) is 4. The molecule has 0 saturated carbocycles. The molecule has 0 saturated heterocycles. The van der Waals surface area contributed by atoms with E-state index in [1.807, 2.05) is 6.92 Å². The minimum absolute atomic E-state index is 0.0873. The van der Waals surface area contributed by atoms with Gasteiger partial charge in [0.1, 0.15) is 11.6 Å². The quantitative estimate of drug-likeness (QED) is 0.613. The maximum atomic E-state index is 10.7. The molecule has 0 fully saturated rings. The van der Waals surface area contributed by atoms with E-state index in [2.05, 4.69) is 36.5 Å². The summed E-state index contributed by atoms with van der Waals surface area (Å²) < 4.78 is 0.809. The molecule has 0 aliphatic carbocycles. The number of halogens is 1. The molecule has 0 unspecified atom stereocenters. The first-order valence-electron chi connectivity index (χ1n) is 7.05. The van der Waals surface area contributed by atoms with Crippen LogP contribution in [0.1, 0.15) is 13.3 Å². The van der Waals surface area contributed by atoms with Crippen LogP contribution in [-0.4, -0.2) is 38.9 Å². The smallest absolute Gasteiger partial charge is 0.404 e. The SMILES string of the molecule is CC[C@H](CNc1ccnc(-c2cc(Br)ccc2O)n1)NC(=O)O.